The van der Waals surface area contributed by atoms with E-state index < -0.39 is 0 Å². The van der Waals surface area contributed by atoms with Gasteiger partial charge in [0, 0.05) is 27.1 Å². The smallest absolute Gasteiger partial charge is 0.145 e. The Morgan fingerprint density at radius 2 is 1.25 bits per heavy atom. The number of hydrogen-bond acceptors (Lipinski definition) is 1. The van der Waals surface area contributed by atoms with Gasteiger partial charge in [0.15, 0.2) is 0 Å². The average Bonchev–Trinajstić information content (AvgIpc) is 3.20. The summed E-state index contributed by atoms with van der Waals surface area (Å²) in [6.45, 7) is 0. The highest BCUT2D eigenvalue weighted by Crippen LogP contribution is 2.42. The van der Waals surface area contributed by atoms with Gasteiger partial charge in [0.2, 0.25) is 0 Å². The number of rotatable bonds is 0. The van der Waals surface area contributed by atoms with Crippen LogP contribution in [-0.2, 0) is 0 Å². The Morgan fingerprint density at radius 3 is 2.12 bits per heavy atom. The second kappa shape index (κ2) is 4.18. The highest BCUT2D eigenvalue weighted by Gasteiger charge is 2.18. The molecule has 0 radical (unpaired) electrons. The summed E-state index contributed by atoms with van der Waals surface area (Å²) < 4.78 is 6.25. The van der Waals surface area contributed by atoms with Crippen LogP contribution in [-0.4, -0.2) is 4.98 Å². The minimum Gasteiger partial charge on any atom is -0.455 e. The van der Waals surface area contributed by atoms with Crippen LogP contribution in [0.2, 0.25) is 0 Å². The molecule has 6 rings (SSSR count). The summed E-state index contributed by atoms with van der Waals surface area (Å²) in [7, 11) is 0. The van der Waals surface area contributed by atoms with E-state index in [4.69, 9.17) is 4.42 Å². The van der Waals surface area contributed by atoms with Crippen molar-refractivity contribution in [2.45, 2.75) is 0 Å². The molecule has 0 saturated heterocycles. The van der Waals surface area contributed by atoms with Crippen LogP contribution in [0.25, 0.3) is 54.5 Å². The number of benzene rings is 4. The fraction of sp³-hybridized carbons (Fsp3) is 0. The Labute approximate surface area is 137 Å². The van der Waals surface area contributed by atoms with Crippen molar-refractivity contribution in [2.75, 3.05) is 0 Å². The normalized spacial score (nSPS) is 12.2. The van der Waals surface area contributed by atoms with Gasteiger partial charge in [-0.15, -0.1) is 0 Å². The molecule has 112 valence electrons. The molecule has 6 aromatic rings. The van der Waals surface area contributed by atoms with Gasteiger partial charge in [-0.1, -0.05) is 60.7 Å². The van der Waals surface area contributed by atoms with Gasteiger partial charge in [-0.25, -0.2) is 0 Å². The number of hydrogen-bond donors (Lipinski definition) is 1. The van der Waals surface area contributed by atoms with E-state index in [1.54, 1.807) is 0 Å². The Morgan fingerprint density at radius 1 is 0.583 bits per heavy atom. The SMILES string of the molecule is c1ccc2c(c1)[nH]c1c2c2ccccc2c2oc3ccccc3c12. The van der Waals surface area contributed by atoms with E-state index in [2.05, 4.69) is 65.6 Å². The summed E-state index contributed by atoms with van der Waals surface area (Å²) in [6.07, 6.45) is 0. The summed E-state index contributed by atoms with van der Waals surface area (Å²) in [5.74, 6) is 0. The quantitative estimate of drug-likeness (QED) is 0.347. The van der Waals surface area contributed by atoms with Crippen LogP contribution in [0, 0.1) is 0 Å². The Kier molecular flexibility index (Phi) is 2.12. The average molecular weight is 307 g/mol. The molecule has 1 N–H and O–H groups in total. The number of H-pyrrole nitrogens is 1. The monoisotopic (exact) mass is 307 g/mol. The first-order chi connectivity index (χ1) is 11.9. The molecule has 0 aliphatic carbocycles. The molecule has 2 aromatic heterocycles. The molecule has 4 aromatic carbocycles. The zero-order chi connectivity index (χ0) is 15.7. The fourth-order valence-electron chi connectivity index (χ4n) is 3.99. The lowest BCUT2D eigenvalue weighted by Crippen LogP contribution is -1.78. The van der Waals surface area contributed by atoms with Crippen LogP contribution in [0.1, 0.15) is 0 Å². The van der Waals surface area contributed by atoms with Gasteiger partial charge < -0.3 is 9.40 Å². The first-order valence-electron chi connectivity index (χ1n) is 8.14. The molecule has 2 nitrogen and oxygen atoms in total. The third-order valence-corrected chi connectivity index (χ3v) is 4.99. The lowest BCUT2D eigenvalue weighted by molar-refractivity contribution is 0.673. The molecule has 0 atom stereocenters. The van der Waals surface area contributed by atoms with Crippen molar-refractivity contribution < 1.29 is 4.42 Å². The van der Waals surface area contributed by atoms with Crippen molar-refractivity contribution in [3.63, 3.8) is 0 Å². The van der Waals surface area contributed by atoms with E-state index in [-0.39, 0.29) is 0 Å². The first kappa shape index (κ1) is 12.2. The lowest BCUT2D eigenvalue weighted by Gasteiger charge is -2.02. The molecule has 0 bridgehead atoms. The van der Waals surface area contributed by atoms with Gasteiger partial charge in [-0.05, 0) is 17.5 Å². The van der Waals surface area contributed by atoms with E-state index in [0.29, 0.717) is 0 Å². The van der Waals surface area contributed by atoms with Crippen LogP contribution in [0.4, 0.5) is 0 Å². The number of para-hydroxylation sites is 2. The van der Waals surface area contributed by atoms with E-state index in [9.17, 15) is 0 Å². The minimum atomic E-state index is 0.934. The van der Waals surface area contributed by atoms with E-state index in [1.165, 1.54) is 26.9 Å². The second-order valence-electron chi connectivity index (χ2n) is 6.27. The Balaban J connectivity index is 2.08. The van der Waals surface area contributed by atoms with Crippen molar-refractivity contribution in [3.8, 4) is 0 Å². The van der Waals surface area contributed by atoms with Gasteiger partial charge in [0.25, 0.3) is 0 Å². The number of nitrogens with one attached hydrogen (secondary N) is 1. The molecule has 0 amide bonds. The zero-order valence-corrected chi connectivity index (χ0v) is 12.8. The summed E-state index contributed by atoms with van der Waals surface area (Å²) in [4.78, 5) is 3.63. The van der Waals surface area contributed by atoms with Crippen LogP contribution in [0.3, 0.4) is 0 Å². The number of fused-ring (bicyclic) bond motifs is 10. The zero-order valence-electron chi connectivity index (χ0n) is 12.8. The van der Waals surface area contributed by atoms with Crippen molar-refractivity contribution in [1.82, 2.24) is 4.98 Å². The van der Waals surface area contributed by atoms with Crippen molar-refractivity contribution in [2.24, 2.45) is 0 Å². The molecule has 2 heteroatoms. The molecule has 2 heterocycles. The van der Waals surface area contributed by atoms with Gasteiger partial charge in [0.1, 0.15) is 11.2 Å². The van der Waals surface area contributed by atoms with Crippen molar-refractivity contribution >= 4 is 54.5 Å². The Hall–Kier alpha value is -3.26. The number of aromatic nitrogens is 1. The van der Waals surface area contributed by atoms with Gasteiger partial charge >= 0.3 is 0 Å². The predicted octanol–water partition coefficient (Wildman–Crippen LogP) is 6.37. The number of furan rings is 1. The minimum absolute atomic E-state index is 0.934. The highest BCUT2D eigenvalue weighted by molar-refractivity contribution is 6.34. The maximum atomic E-state index is 6.25. The van der Waals surface area contributed by atoms with Crippen LogP contribution < -0.4 is 0 Å². The topological polar surface area (TPSA) is 28.9 Å². The largest absolute Gasteiger partial charge is 0.455 e. The standard InChI is InChI=1S/C22H13NO/c1-2-8-14-13(7-1)19-15-9-3-5-11-17(15)23-21(19)20-16-10-4-6-12-18(16)24-22(14)20/h1-12,23H. The maximum absolute atomic E-state index is 6.25. The van der Waals surface area contributed by atoms with E-state index in [0.717, 1.165) is 27.6 Å². The molecule has 0 saturated carbocycles. The lowest BCUT2D eigenvalue weighted by atomic mass is 10.00. The fourth-order valence-corrected chi connectivity index (χ4v) is 3.99. The van der Waals surface area contributed by atoms with Crippen molar-refractivity contribution in [3.05, 3.63) is 72.8 Å². The van der Waals surface area contributed by atoms with E-state index in [1.807, 2.05) is 12.1 Å². The second-order valence-corrected chi connectivity index (χ2v) is 6.27. The van der Waals surface area contributed by atoms with Crippen molar-refractivity contribution in [1.29, 1.82) is 0 Å². The molecular formula is C22H13NO. The van der Waals surface area contributed by atoms with Gasteiger partial charge in [-0.2, -0.15) is 0 Å². The molecule has 24 heavy (non-hydrogen) atoms. The first-order valence-corrected chi connectivity index (χ1v) is 8.14. The summed E-state index contributed by atoms with van der Waals surface area (Å²) in [6, 6.07) is 25.3. The Bertz CT molecular complexity index is 1400. The third kappa shape index (κ3) is 1.36. The summed E-state index contributed by atoms with van der Waals surface area (Å²) in [5, 5.41) is 7.28. The van der Waals surface area contributed by atoms with Gasteiger partial charge in [-0.3, -0.25) is 0 Å². The van der Waals surface area contributed by atoms with Crippen LogP contribution in [0.5, 0.6) is 0 Å². The number of aromatic amines is 1. The molecular weight excluding hydrogens is 294 g/mol. The molecule has 0 spiro atoms. The molecule has 0 aliphatic heterocycles. The molecule has 0 fully saturated rings. The molecule has 0 unspecified atom stereocenters. The van der Waals surface area contributed by atoms with E-state index >= 15 is 0 Å². The van der Waals surface area contributed by atoms with Crippen LogP contribution in [0.15, 0.2) is 77.2 Å². The van der Waals surface area contributed by atoms with Crippen LogP contribution >= 0.6 is 0 Å². The predicted molar refractivity (Wildman–Crippen MR) is 101 cm³/mol. The summed E-state index contributed by atoms with van der Waals surface area (Å²) >= 11 is 0. The highest BCUT2D eigenvalue weighted by atomic mass is 16.3. The molecule has 0 aliphatic rings. The maximum Gasteiger partial charge on any atom is 0.145 e. The van der Waals surface area contributed by atoms with Gasteiger partial charge in [0.05, 0.1) is 10.9 Å². The third-order valence-electron chi connectivity index (χ3n) is 4.99. The summed E-state index contributed by atoms with van der Waals surface area (Å²) in [5.41, 5.74) is 4.22.